The van der Waals surface area contributed by atoms with Crippen molar-refractivity contribution in [3.63, 3.8) is 0 Å². The van der Waals surface area contributed by atoms with Crippen LogP contribution >= 0.6 is 0 Å². The minimum Gasteiger partial charge on any atom is -0.444 e. The van der Waals surface area contributed by atoms with Crippen LogP contribution in [0.25, 0.3) is 11.5 Å². The van der Waals surface area contributed by atoms with Gasteiger partial charge in [-0.05, 0) is 31.0 Å². The zero-order chi connectivity index (χ0) is 18.6. The molecule has 0 aliphatic carbocycles. The number of rotatable bonds is 5. The Labute approximate surface area is 158 Å². The van der Waals surface area contributed by atoms with Crippen LogP contribution in [0.15, 0.2) is 34.9 Å². The highest BCUT2D eigenvalue weighted by atomic mass is 19.1. The fraction of sp³-hybridized carbons (Fsp3) is 0.500. The number of benzene rings is 1. The molecule has 1 amide bonds. The number of carbonyl (C=O) groups is 1. The van der Waals surface area contributed by atoms with Crippen molar-refractivity contribution in [3.8, 4) is 11.5 Å². The van der Waals surface area contributed by atoms with E-state index in [1.165, 1.54) is 12.1 Å². The Kier molecular flexibility index (Phi) is 5.50. The van der Waals surface area contributed by atoms with Gasteiger partial charge < -0.3 is 9.32 Å². The monoisotopic (exact) mass is 372 g/mol. The first kappa shape index (κ1) is 18.1. The number of hydrogen-bond donors (Lipinski definition) is 0. The lowest BCUT2D eigenvalue weighted by Gasteiger charge is -2.34. The Morgan fingerprint density at radius 1 is 1.07 bits per heavy atom. The van der Waals surface area contributed by atoms with E-state index in [1.807, 2.05) is 4.90 Å². The maximum Gasteiger partial charge on any atom is 0.236 e. The standard InChI is InChI=1S/C20H25FN4O2/c21-17-5-3-4-16(12-17)20-22-18(15-27-20)13-23-8-10-24(11-9-23)14-19(26)25-6-1-2-7-25/h3-5,12,15H,1-2,6-11,13-14H2. The third kappa shape index (κ3) is 4.54. The van der Waals surface area contributed by atoms with Crippen LogP contribution in [0.1, 0.15) is 18.5 Å². The summed E-state index contributed by atoms with van der Waals surface area (Å²) in [6.45, 7) is 6.62. The lowest BCUT2D eigenvalue weighted by atomic mass is 10.2. The molecule has 0 radical (unpaired) electrons. The molecule has 0 spiro atoms. The van der Waals surface area contributed by atoms with E-state index in [0.717, 1.165) is 57.8 Å². The molecule has 7 heteroatoms. The van der Waals surface area contributed by atoms with E-state index in [-0.39, 0.29) is 11.7 Å². The molecule has 2 saturated heterocycles. The predicted molar refractivity (Wildman–Crippen MR) is 99.4 cm³/mol. The van der Waals surface area contributed by atoms with Gasteiger partial charge in [0.1, 0.15) is 12.1 Å². The largest absolute Gasteiger partial charge is 0.444 e. The number of piperazine rings is 1. The molecular formula is C20H25FN4O2. The van der Waals surface area contributed by atoms with Gasteiger partial charge in [0.2, 0.25) is 11.8 Å². The second kappa shape index (κ2) is 8.19. The summed E-state index contributed by atoms with van der Waals surface area (Å²) in [5, 5.41) is 0. The van der Waals surface area contributed by atoms with Crippen LogP contribution in [0, 0.1) is 5.82 Å². The molecule has 4 rings (SSSR count). The molecule has 6 nitrogen and oxygen atoms in total. The van der Waals surface area contributed by atoms with Crippen molar-refractivity contribution < 1.29 is 13.6 Å². The summed E-state index contributed by atoms with van der Waals surface area (Å²) < 4.78 is 18.9. The lowest BCUT2D eigenvalue weighted by Crippen LogP contribution is -2.49. The molecule has 0 N–H and O–H groups in total. The summed E-state index contributed by atoms with van der Waals surface area (Å²) in [5.74, 6) is 0.406. The lowest BCUT2D eigenvalue weighted by molar-refractivity contribution is -0.131. The first-order chi connectivity index (χ1) is 13.2. The highest BCUT2D eigenvalue weighted by molar-refractivity contribution is 5.78. The summed E-state index contributed by atoms with van der Waals surface area (Å²) >= 11 is 0. The maximum atomic E-state index is 13.3. The Balaban J connectivity index is 1.26. The SMILES string of the molecule is O=C(CN1CCN(Cc2coc(-c3cccc(F)c3)n2)CC1)N1CCCC1. The van der Waals surface area contributed by atoms with Gasteiger partial charge in [-0.1, -0.05) is 6.07 Å². The van der Waals surface area contributed by atoms with E-state index < -0.39 is 0 Å². The number of likely N-dealkylation sites (tertiary alicyclic amines) is 1. The van der Waals surface area contributed by atoms with Crippen LogP contribution in [-0.2, 0) is 11.3 Å². The molecule has 144 valence electrons. The topological polar surface area (TPSA) is 52.8 Å². The summed E-state index contributed by atoms with van der Waals surface area (Å²) in [4.78, 5) is 23.3. The average molecular weight is 372 g/mol. The summed E-state index contributed by atoms with van der Waals surface area (Å²) in [7, 11) is 0. The van der Waals surface area contributed by atoms with Crippen LogP contribution in [0.2, 0.25) is 0 Å². The van der Waals surface area contributed by atoms with Crippen molar-refractivity contribution in [1.29, 1.82) is 0 Å². The normalized spacial score (nSPS) is 18.9. The zero-order valence-corrected chi connectivity index (χ0v) is 15.4. The van der Waals surface area contributed by atoms with Gasteiger partial charge in [0.15, 0.2) is 0 Å². The van der Waals surface area contributed by atoms with E-state index in [4.69, 9.17) is 4.42 Å². The highest BCUT2D eigenvalue weighted by Gasteiger charge is 2.23. The number of amides is 1. The minimum atomic E-state index is -0.299. The van der Waals surface area contributed by atoms with Gasteiger partial charge >= 0.3 is 0 Å². The molecule has 1 aromatic heterocycles. The minimum absolute atomic E-state index is 0.261. The van der Waals surface area contributed by atoms with E-state index in [9.17, 15) is 9.18 Å². The number of halogens is 1. The van der Waals surface area contributed by atoms with Crippen LogP contribution < -0.4 is 0 Å². The van der Waals surface area contributed by atoms with Gasteiger partial charge in [-0.2, -0.15) is 0 Å². The molecule has 2 aliphatic rings. The number of oxazole rings is 1. The van der Waals surface area contributed by atoms with Gasteiger partial charge in [-0.25, -0.2) is 9.37 Å². The van der Waals surface area contributed by atoms with E-state index in [1.54, 1.807) is 18.4 Å². The molecule has 27 heavy (non-hydrogen) atoms. The van der Waals surface area contributed by atoms with Gasteiger partial charge in [-0.3, -0.25) is 14.6 Å². The number of nitrogens with zero attached hydrogens (tertiary/aromatic N) is 4. The average Bonchev–Trinajstić information content (AvgIpc) is 3.35. The fourth-order valence-corrected chi connectivity index (χ4v) is 3.73. The van der Waals surface area contributed by atoms with Crippen molar-refractivity contribution in [1.82, 2.24) is 19.7 Å². The van der Waals surface area contributed by atoms with Gasteiger partial charge in [-0.15, -0.1) is 0 Å². The first-order valence-corrected chi connectivity index (χ1v) is 9.60. The molecule has 2 fully saturated rings. The van der Waals surface area contributed by atoms with Gasteiger partial charge in [0.05, 0.1) is 12.2 Å². The van der Waals surface area contributed by atoms with Gasteiger partial charge in [0.25, 0.3) is 0 Å². The van der Waals surface area contributed by atoms with E-state index >= 15 is 0 Å². The number of carbonyl (C=O) groups excluding carboxylic acids is 1. The quantitative estimate of drug-likeness (QED) is 0.806. The molecule has 1 aromatic carbocycles. The van der Waals surface area contributed by atoms with E-state index in [2.05, 4.69) is 14.8 Å². The third-order valence-electron chi connectivity index (χ3n) is 5.29. The predicted octanol–water partition coefficient (Wildman–Crippen LogP) is 2.22. The molecule has 0 unspecified atom stereocenters. The number of aromatic nitrogens is 1. The van der Waals surface area contributed by atoms with Crippen molar-refractivity contribution in [2.75, 3.05) is 45.8 Å². The Morgan fingerprint density at radius 3 is 2.56 bits per heavy atom. The Hall–Kier alpha value is -2.25. The molecule has 2 aliphatic heterocycles. The van der Waals surface area contributed by atoms with Crippen molar-refractivity contribution in [2.24, 2.45) is 0 Å². The van der Waals surface area contributed by atoms with Crippen molar-refractivity contribution in [2.45, 2.75) is 19.4 Å². The van der Waals surface area contributed by atoms with Crippen molar-refractivity contribution in [3.05, 3.63) is 42.0 Å². The summed E-state index contributed by atoms with van der Waals surface area (Å²) in [5.41, 5.74) is 1.49. The van der Waals surface area contributed by atoms with Crippen molar-refractivity contribution >= 4 is 5.91 Å². The highest BCUT2D eigenvalue weighted by Crippen LogP contribution is 2.20. The van der Waals surface area contributed by atoms with Gasteiger partial charge in [0, 0.05) is 51.4 Å². The Morgan fingerprint density at radius 2 is 1.81 bits per heavy atom. The first-order valence-electron chi connectivity index (χ1n) is 9.60. The third-order valence-corrected chi connectivity index (χ3v) is 5.29. The second-order valence-electron chi connectivity index (χ2n) is 7.29. The summed E-state index contributed by atoms with van der Waals surface area (Å²) in [6, 6.07) is 6.26. The fourth-order valence-electron chi connectivity index (χ4n) is 3.73. The van der Waals surface area contributed by atoms with Crippen LogP contribution in [0.3, 0.4) is 0 Å². The molecule has 0 bridgehead atoms. The zero-order valence-electron chi connectivity index (χ0n) is 15.4. The Bertz CT molecular complexity index is 780. The number of hydrogen-bond acceptors (Lipinski definition) is 5. The molecule has 0 saturated carbocycles. The molecule has 2 aromatic rings. The van der Waals surface area contributed by atoms with Crippen LogP contribution in [0.4, 0.5) is 4.39 Å². The molecule has 0 atom stereocenters. The van der Waals surface area contributed by atoms with Crippen LogP contribution in [-0.4, -0.2) is 71.4 Å². The maximum absolute atomic E-state index is 13.3. The smallest absolute Gasteiger partial charge is 0.236 e. The van der Waals surface area contributed by atoms with E-state index in [0.29, 0.717) is 24.5 Å². The summed E-state index contributed by atoms with van der Waals surface area (Å²) in [6.07, 6.45) is 3.91. The second-order valence-corrected chi connectivity index (χ2v) is 7.29. The molecular weight excluding hydrogens is 347 g/mol. The molecule has 3 heterocycles. The van der Waals surface area contributed by atoms with Crippen LogP contribution in [0.5, 0.6) is 0 Å².